The predicted octanol–water partition coefficient (Wildman–Crippen LogP) is 5.69. The lowest BCUT2D eigenvalue weighted by molar-refractivity contribution is -0.00642. The summed E-state index contributed by atoms with van der Waals surface area (Å²) in [4.78, 5) is 29.2. The molecule has 0 radical (unpaired) electrons. The van der Waals surface area contributed by atoms with E-state index in [-0.39, 0.29) is 5.92 Å². The smallest absolute Gasteiger partial charge is 0.419 e. The van der Waals surface area contributed by atoms with Crippen molar-refractivity contribution in [1.82, 2.24) is 19.6 Å². The topological polar surface area (TPSA) is 76.9 Å². The second kappa shape index (κ2) is 9.75. The van der Waals surface area contributed by atoms with Gasteiger partial charge in [0.05, 0.1) is 11.7 Å². The third-order valence-corrected chi connectivity index (χ3v) is 7.17. The fourth-order valence-corrected chi connectivity index (χ4v) is 5.10. The van der Waals surface area contributed by atoms with Crippen LogP contribution in [0.4, 0.5) is 9.59 Å². The Morgan fingerprint density at radius 2 is 1.49 bits per heavy atom. The van der Waals surface area contributed by atoms with Gasteiger partial charge in [-0.3, -0.25) is 4.68 Å². The van der Waals surface area contributed by atoms with Crippen LogP contribution in [0.25, 0.3) is 0 Å². The number of nitrogens with zero attached hydrogens (tertiary/aromatic N) is 4. The Bertz CT molecular complexity index is 883. The third-order valence-electron chi connectivity index (χ3n) is 7.17. The van der Waals surface area contributed by atoms with Crippen LogP contribution in [-0.2, 0) is 9.47 Å². The molecular weight excluding hydrogens is 444 g/mol. The van der Waals surface area contributed by atoms with Crippen molar-refractivity contribution in [3.8, 4) is 0 Å². The van der Waals surface area contributed by atoms with Gasteiger partial charge in [-0.1, -0.05) is 0 Å². The molecule has 35 heavy (non-hydrogen) atoms. The maximum atomic E-state index is 12.8. The van der Waals surface area contributed by atoms with Crippen molar-refractivity contribution in [3.05, 3.63) is 17.5 Å². The number of imide groups is 1. The standard InChI is InChI=1S/C27H44N4O4/c1-26(2,3)34-24(32)30(25(33)35-27(4,5)6)16-18-14-21(15-18)31-17-22(23(28-31)20-8-9-20)19-10-12-29(7)13-11-19/h17-21H,8-16H2,1-7H3/t18-,21-. The highest BCUT2D eigenvalue weighted by Crippen LogP contribution is 2.46. The second-order valence-electron chi connectivity index (χ2n) is 12.9. The van der Waals surface area contributed by atoms with Gasteiger partial charge < -0.3 is 14.4 Å². The first-order valence-electron chi connectivity index (χ1n) is 13.3. The highest BCUT2D eigenvalue weighted by molar-refractivity contribution is 5.88. The van der Waals surface area contributed by atoms with E-state index in [1.165, 1.54) is 36.9 Å². The van der Waals surface area contributed by atoms with E-state index < -0.39 is 23.4 Å². The quantitative estimate of drug-likeness (QED) is 0.530. The zero-order chi connectivity index (χ0) is 25.5. The second-order valence-corrected chi connectivity index (χ2v) is 12.9. The number of ether oxygens (including phenoxy) is 2. The van der Waals surface area contributed by atoms with Crippen LogP contribution in [0.1, 0.15) is 109 Å². The average Bonchev–Trinajstić information content (AvgIpc) is 3.44. The predicted molar refractivity (Wildman–Crippen MR) is 135 cm³/mol. The van der Waals surface area contributed by atoms with E-state index in [4.69, 9.17) is 14.6 Å². The summed E-state index contributed by atoms with van der Waals surface area (Å²) < 4.78 is 13.2. The van der Waals surface area contributed by atoms with Gasteiger partial charge in [0.2, 0.25) is 0 Å². The van der Waals surface area contributed by atoms with E-state index in [0.717, 1.165) is 30.8 Å². The van der Waals surface area contributed by atoms with Crippen molar-refractivity contribution in [2.24, 2.45) is 5.92 Å². The minimum Gasteiger partial charge on any atom is -0.443 e. The molecule has 2 heterocycles. The van der Waals surface area contributed by atoms with Crippen molar-refractivity contribution in [1.29, 1.82) is 0 Å². The van der Waals surface area contributed by atoms with Gasteiger partial charge in [-0.05, 0) is 118 Å². The Morgan fingerprint density at radius 3 is 1.97 bits per heavy atom. The summed E-state index contributed by atoms with van der Waals surface area (Å²) in [5.41, 5.74) is 1.43. The molecule has 0 unspecified atom stereocenters. The highest BCUT2D eigenvalue weighted by Gasteiger charge is 2.40. The van der Waals surface area contributed by atoms with Crippen LogP contribution < -0.4 is 0 Å². The molecule has 1 aromatic rings. The number of carbonyl (C=O) groups is 2. The zero-order valence-electron chi connectivity index (χ0n) is 22.7. The van der Waals surface area contributed by atoms with E-state index in [1.54, 1.807) is 41.5 Å². The summed E-state index contributed by atoms with van der Waals surface area (Å²) in [5, 5.41) is 5.08. The minimum absolute atomic E-state index is 0.209. The first-order chi connectivity index (χ1) is 16.3. The molecule has 8 nitrogen and oxygen atoms in total. The van der Waals surface area contributed by atoms with Crippen molar-refractivity contribution < 1.29 is 19.1 Å². The van der Waals surface area contributed by atoms with Crippen molar-refractivity contribution >= 4 is 12.2 Å². The molecule has 0 N–H and O–H groups in total. The van der Waals surface area contributed by atoms with Gasteiger partial charge in [0.15, 0.2) is 0 Å². The molecule has 3 aliphatic rings. The lowest BCUT2D eigenvalue weighted by Crippen LogP contribution is -2.47. The summed E-state index contributed by atoms with van der Waals surface area (Å²) in [5.74, 6) is 1.46. The van der Waals surface area contributed by atoms with Crippen molar-refractivity contribution in [3.63, 3.8) is 0 Å². The van der Waals surface area contributed by atoms with Gasteiger partial charge in [-0.2, -0.15) is 5.10 Å². The summed E-state index contributed by atoms with van der Waals surface area (Å²) >= 11 is 0. The van der Waals surface area contributed by atoms with Gasteiger partial charge in [0.25, 0.3) is 0 Å². The fraction of sp³-hybridized carbons (Fsp3) is 0.815. The van der Waals surface area contributed by atoms with Crippen molar-refractivity contribution in [2.75, 3.05) is 26.7 Å². The van der Waals surface area contributed by atoms with Gasteiger partial charge in [0.1, 0.15) is 11.2 Å². The van der Waals surface area contributed by atoms with Crippen LogP contribution in [0.3, 0.4) is 0 Å². The molecule has 1 aromatic heterocycles. The molecule has 0 atom stereocenters. The average molecular weight is 489 g/mol. The first-order valence-corrected chi connectivity index (χ1v) is 13.3. The van der Waals surface area contributed by atoms with Crippen molar-refractivity contribution in [2.45, 2.75) is 109 Å². The maximum absolute atomic E-state index is 12.8. The van der Waals surface area contributed by atoms with Crippen LogP contribution in [-0.4, -0.2) is 69.7 Å². The van der Waals surface area contributed by atoms with Gasteiger partial charge >= 0.3 is 12.2 Å². The molecule has 3 fully saturated rings. The van der Waals surface area contributed by atoms with E-state index in [2.05, 4.69) is 22.8 Å². The molecule has 0 bridgehead atoms. The van der Waals surface area contributed by atoms with E-state index in [9.17, 15) is 9.59 Å². The molecule has 196 valence electrons. The van der Waals surface area contributed by atoms with Gasteiger partial charge in [-0.25, -0.2) is 14.5 Å². The molecule has 4 rings (SSSR count). The Morgan fingerprint density at radius 1 is 0.943 bits per heavy atom. The molecule has 2 saturated carbocycles. The summed E-state index contributed by atoms with van der Waals surface area (Å²) in [7, 11) is 2.20. The van der Waals surface area contributed by atoms with E-state index in [0.29, 0.717) is 24.4 Å². The minimum atomic E-state index is -0.682. The van der Waals surface area contributed by atoms with Crippen LogP contribution in [0.15, 0.2) is 6.20 Å². The number of hydrogen-bond acceptors (Lipinski definition) is 6. The molecule has 8 heteroatoms. The molecular formula is C27H44N4O4. The summed E-state index contributed by atoms with van der Waals surface area (Å²) in [6.45, 7) is 13.4. The number of hydrogen-bond donors (Lipinski definition) is 0. The molecule has 1 aliphatic heterocycles. The number of likely N-dealkylation sites (tertiary alicyclic amines) is 1. The molecule has 2 aliphatic carbocycles. The number of rotatable bonds is 5. The van der Waals surface area contributed by atoms with Gasteiger partial charge in [-0.15, -0.1) is 0 Å². The largest absolute Gasteiger partial charge is 0.443 e. The Labute approximate surface area is 210 Å². The molecule has 2 amide bonds. The van der Waals surface area contributed by atoms with Crippen LogP contribution in [0, 0.1) is 5.92 Å². The number of aromatic nitrogens is 2. The third kappa shape index (κ3) is 6.78. The van der Waals surface area contributed by atoms with E-state index >= 15 is 0 Å². The molecule has 1 saturated heterocycles. The highest BCUT2D eigenvalue weighted by atomic mass is 16.6. The van der Waals surface area contributed by atoms with Gasteiger partial charge in [0, 0.05) is 18.7 Å². The normalized spacial score (nSPS) is 24.1. The lowest BCUT2D eigenvalue weighted by atomic mass is 9.80. The monoisotopic (exact) mass is 488 g/mol. The lowest BCUT2D eigenvalue weighted by Gasteiger charge is -2.38. The number of piperidine rings is 1. The van der Waals surface area contributed by atoms with E-state index in [1.807, 2.05) is 0 Å². The molecule has 0 aromatic carbocycles. The zero-order valence-corrected chi connectivity index (χ0v) is 22.7. The summed E-state index contributed by atoms with van der Waals surface area (Å²) in [6.07, 6.45) is 7.72. The van der Waals surface area contributed by atoms with Crippen LogP contribution in [0.2, 0.25) is 0 Å². The number of amides is 2. The fourth-order valence-electron chi connectivity index (χ4n) is 5.10. The molecule has 0 spiro atoms. The summed E-state index contributed by atoms with van der Waals surface area (Å²) in [6, 6.07) is 0.316. The SMILES string of the molecule is CN1CCC(c2cn([C@H]3C[C@H](CN(C(=O)OC(C)(C)C)C(=O)OC(C)(C)C)C3)nc2C2CC2)CC1. The maximum Gasteiger partial charge on any atom is 0.419 e. The Balaban J connectivity index is 1.40. The van der Waals surface area contributed by atoms with Crippen LogP contribution >= 0.6 is 0 Å². The Hall–Kier alpha value is -2.09. The Kier molecular flexibility index (Phi) is 7.24. The number of carbonyl (C=O) groups excluding carboxylic acids is 2. The van der Waals surface area contributed by atoms with Crippen LogP contribution in [0.5, 0.6) is 0 Å². The first kappa shape index (κ1) is 26.0.